The summed E-state index contributed by atoms with van der Waals surface area (Å²) < 4.78 is 10.9. The highest BCUT2D eigenvalue weighted by molar-refractivity contribution is 5.52. The summed E-state index contributed by atoms with van der Waals surface area (Å²) in [6, 6.07) is 9.80. The zero-order chi connectivity index (χ0) is 20.1. The number of nitrogens with zero attached hydrogens (tertiary/aromatic N) is 6. The van der Waals surface area contributed by atoms with Crippen molar-refractivity contribution >= 4 is 0 Å². The van der Waals surface area contributed by atoms with Gasteiger partial charge in [0.2, 0.25) is 5.82 Å². The van der Waals surface area contributed by atoms with Gasteiger partial charge in [-0.25, -0.2) is 0 Å². The summed E-state index contributed by atoms with van der Waals surface area (Å²) in [5, 5.41) is 13.0. The molecule has 0 N–H and O–H groups in total. The molecular formula is C21H26N6O2. The lowest BCUT2D eigenvalue weighted by Gasteiger charge is -2.32. The third-order valence-electron chi connectivity index (χ3n) is 5.30. The van der Waals surface area contributed by atoms with Crippen LogP contribution in [0.25, 0.3) is 11.4 Å². The fourth-order valence-corrected chi connectivity index (χ4v) is 3.84. The number of likely N-dealkylation sites (tertiary alicyclic amines) is 1. The van der Waals surface area contributed by atoms with Gasteiger partial charge >= 0.3 is 0 Å². The first-order valence-corrected chi connectivity index (χ1v) is 9.86. The Bertz CT molecular complexity index is 930. The van der Waals surface area contributed by atoms with E-state index in [1.165, 1.54) is 12.0 Å². The van der Waals surface area contributed by atoms with Crippen molar-refractivity contribution in [1.82, 2.24) is 30.1 Å². The van der Waals surface area contributed by atoms with Crippen LogP contribution >= 0.6 is 0 Å². The Balaban J connectivity index is 1.38. The van der Waals surface area contributed by atoms with Gasteiger partial charge in [0, 0.05) is 42.7 Å². The lowest BCUT2D eigenvalue weighted by molar-refractivity contribution is 0.148. The molecule has 1 fully saturated rings. The van der Waals surface area contributed by atoms with Crippen molar-refractivity contribution < 1.29 is 9.47 Å². The number of rotatable bonds is 7. The molecule has 8 heteroatoms. The van der Waals surface area contributed by atoms with Crippen LogP contribution < -0.4 is 9.47 Å². The van der Waals surface area contributed by atoms with Gasteiger partial charge in [-0.1, -0.05) is 6.07 Å². The SMILES string of the molecule is COc1ccc(CN2CCC[C@H](Cn3nnc(-c4ccncc4)n3)C2)c(OC)c1. The summed E-state index contributed by atoms with van der Waals surface area (Å²) in [6.45, 7) is 3.71. The predicted molar refractivity (Wildman–Crippen MR) is 109 cm³/mol. The number of pyridine rings is 1. The second-order valence-electron chi connectivity index (χ2n) is 7.32. The fourth-order valence-electron chi connectivity index (χ4n) is 3.84. The molecule has 0 saturated carbocycles. The number of tetrazole rings is 1. The van der Waals surface area contributed by atoms with E-state index in [2.05, 4.69) is 31.4 Å². The molecule has 1 aliphatic rings. The Morgan fingerprint density at radius 1 is 1.10 bits per heavy atom. The fraction of sp³-hybridized carbons (Fsp3) is 0.429. The minimum absolute atomic E-state index is 0.493. The quantitative estimate of drug-likeness (QED) is 0.610. The zero-order valence-electron chi connectivity index (χ0n) is 16.9. The highest BCUT2D eigenvalue weighted by Gasteiger charge is 2.22. The molecule has 1 aromatic carbocycles. The van der Waals surface area contributed by atoms with Crippen LogP contribution in [0.1, 0.15) is 18.4 Å². The van der Waals surface area contributed by atoms with Crippen LogP contribution in [-0.4, -0.2) is 57.4 Å². The van der Waals surface area contributed by atoms with Crippen LogP contribution in [-0.2, 0) is 13.1 Å². The predicted octanol–water partition coefficient (Wildman–Crippen LogP) is 2.66. The van der Waals surface area contributed by atoms with Crippen molar-refractivity contribution in [3.05, 3.63) is 48.3 Å². The van der Waals surface area contributed by atoms with Crippen molar-refractivity contribution in [2.24, 2.45) is 5.92 Å². The minimum Gasteiger partial charge on any atom is -0.497 e. The molecule has 0 radical (unpaired) electrons. The maximum absolute atomic E-state index is 5.55. The highest BCUT2D eigenvalue weighted by Crippen LogP contribution is 2.27. The van der Waals surface area contributed by atoms with Crippen molar-refractivity contribution in [3.8, 4) is 22.9 Å². The maximum Gasteiger partial charge on any atom is 0.205 e. The Morgan fingerprint density at radius 2 is 1.97 bits per heavy atom. The lowest BCUT2D eigenvalue weighted by atomic mass is 9.97. The first kappa shape index (κ1) is 19.3. The number of methoxy groups -OCH3 is 2. The van der Waals surface area contributed by atoms with E-state index in [4.69, 9.17) is 9.47 Å². The normalized spacial score (nSPS) is 17.2. The van der Waals surface area contributed by atoms with Crippen molar-refractivity contribution in [2.75, 3.05) is 27.3 Å². The van der Waals surface area contributed by atoms with Gasteiger partial charge in [-0.2, -0.15) is 4.80 Å². The average Bonchev–Trinajstić information content (AvgIpc) is 3.23. The molecule has 2 aromatic heterocycles. The molecule has 0 amide bonds. The summed E-state index contributed by atoms with van der Waals surface area (Å²) in [5.41, 5.74) is 2.11. The van der Waals surface area contributed by atoms with Crippen molar-refractivity contribution in [1.29, 1.82) is 0 Å². The van der Waals surface area contributed by atoms with E-state index < -0.39 is 0 Å². The number of hydrogen-bond acceptors (Lipinski definition) is 7. The van der Waals surface area contributed by atoms with Crippen LogP contribution in [0, 0.1) is 5.92 Å². The Morgan fingerprint density at radius 3 is 2.76 bits per heavy atom. The molecule has 1 atom stereocenters. The smallest absolute Gasteiger partial charge is 0.205 e. The summed E-state index contributed by atoms with van der Waals surface area (Å²) in [7, 11) is 3.37. The maximum atomic E-state index is 5.55. The van der Waals surface area contributed by atoms with Crippen LogP contribution in [0.3, 0.4) is 0 Å². The van der Waals surface area contributed by atoms with Gasteiger partial charge in [-0.3, -0.25) is 9.88 Å². The molecule has 0 spiro atoms. The van der Waals surface area contributed by atoms with E-state index in [0.29, 0.717) is 11.7 Å². The van der Waals surface area contributed by atoms with Gasteiger partial charge in [0.25, 0.3) is 0 Å². The first-order chi connectivity index (χ1) is 14.2. The summed E-state index contributed by atoms with van der Waals surface area (Å²) in [4.78, 5) is 8.22. The first-order valence-electron chi connectivity index (χ1n) is 9.86. The molecule has 0 unspecified atom stereocenters. The van der Waals surface area contributed by atoms with Gasteiger partial charge in [-0.05, 0) is 48.7 Å². The van der Waals surface area contributed by atoms with Gasteiger partial charge in [-0.15, -0.1) is 10.2 Å². The van der Waals surface area contributed by atoms with Crippen LogP contribution in [0.4, 0.5) is 0 Å². The third-order valence-corrected chi connectivity index (χ3v) is 5.30. The molecule has 29 heavy (non-hydrogen) atoms. The number of ether oxygens (including phenoxy) is 2. The van der Waals surface area contributed by atoms with Crippen LogP contribution in [0.15, 0.2) is 42.7 Å². The van der Waals surface area contributed by atoms with E-state index in [1.807, 2.05) is 24.3 Å². The van der Waals surface area contributed by atoms with E-state index in [-0.39, 0.29) is 0 Å². The number of benzene rings is 1. The molecule has 0 bridgehead atoms. The lowest BCUT2D eigenvalue weighted by Crippen LogP contribution is -2.37. The highest BCUT2D eigenvalue weighted by atomic mass is 16.5. The Kier molecular flexibility index (Phi) is 6.00. The molecule has 3 heterocycles. The van der Waals surface area contributed by atoms with Crippen molar-refractivity contribution in [2.45, 2.75) is 25.9 Å². The van der Waals surface area contributed by atoms with Crippen molar-refractivity contribution in [3.63, 3.8) is 0 Å². The molecule has 8 nitrogen and oxygen atoms in total. The summed E-state index contributed by atoms with van der Waals surface area (Å²) >= 11 is 0. The Hall–Kier alpha value is -3.00. The molecular weight excluding hydrogens is 368 g/mol. The summed E-state index contributed by atoms with van der Waals surface area (Å²) in [5.74, 6) is 2.81. The standard InChI is InChI=1S/C21H26N6O2/c1-28-19-6-5-18(20(12-19)29-2)15-26-11-3-4-16(13-26)14-27-24-21(23-25-27)17-7-9-22-10-8-17/h5-10,12,16H,3-4,11,13-15H2,1-2H3/t16-/m0/s1. The minimum atomic E-state index is 0.493. The van der Waals surface area contributed by atoms with E-state index in [1.54, 1.807) is 31.4 Å². The zero-order valence-corrected chi connectivity index (χ0v) is 16.9. The van der Waals surface area contributed by atoms with Crippen LogP contribution in [0.5, 0.6) is 11.5 Å². The van der Waals surface area contributed by atoms with E-state index in [9.17, 15) is 0 Å². The summed E-state index contributed by atoms with van der Waals surface area (Å²) in [6.07, 6.45) is 5.81. The van der Waals surface area contributed by atoms with E-state index in [0.717, 1.165) is 49.7 Å². The second kappa shape index (κ2) is 9.00. The largest absolute Gasteiger partial charge is 0.497 e. The van der Waals surface area contributed by atoms with Gasteiger partial charge in [0.15, 0.2) is 0 Å². The average molecular weight is 394 g/mol. The molecule has 0 aliphatic carbocycles. The van der Waals surface area contributed by atoms with Gasteiger partial charge in [0.05, 0.1) is 20.8 Å². The number of piperidine rings is 1. The molecule has 1 saturated heterocycles. The number of hydrogen-bond donors (Lipinski definition) is 0. The second-order valence-corrected chi connectivity index (χ2v) is 7.32. The molecule has 152 valence electrons. The monoisotopic (exact) mass is 394 g/mol. The third kappa shape index (κ3) is 4.71. The topological polar surface area (TPSA) is 78.2 Å². The number of aromatic nitrogens is 5. The van der Waals surface area contributed by atoms with E-state index >= 15 is 0 Å². The molecule has 1 aliphatic heterocycles. The van der Waals surface area contributed by atoms with Crippen LogP contribution in [0.2, 0.25) is 0 Å². The van der Waals surface area contributed by atoms with Gasteiger partial charge in [0.1, 0.15) is 11.5 Å². The molecule has 3 aromatic rings. The Labute approximate surface area is 170 Å². The molecule has 4 rings (SSSR count). The van der Waals surface area contributed by atoms with Gasteiger partial charge < -0.3 is 9.47 Å².